The van der Waals surface area contributed by atoms with E-state index in [1.54, 1.807) is 43.6 Å². The molecule has 9 nitrogen and oxygen atoms in total. The number of ether oxygens (including phenoxy) is 2. The lowest BCUT2D eigenvalue weighted by Crippen LogP contribution is -2.41. The molecule has 3 aromatic rings. The van der Waals surface area contributed by atoms with Gasteiger partial charge < -0.3 is 9.47 Å². The fraction of sp³-hybridized carbons (Fsp3) is 0.250. The van der Waals surface area contributed by atoms with Crippen molar-refractivity contribution in [2.24, 2.45) is 0 Å². The van der Waals surface area contributed by atoms with E-state index in [4.69, 9.17) is 9.47 Å². The molecule has 0 spiro atoms. The van der Waals surface area contributed by atoms with E-state index >= 15 is 0 Å². The lowest BCUT2D eigenvalue weighted by atomic mass is 10.2. The first-order chi connectivity index (χ1) is 14.4. The molecule has 0 atom stereocenters. The van der Waals surface area contributed by atoms with Crippen molar-refractivity contribution in [3.05, 3.63) is 52.8 Å². The average molecular weight is 427 g/mol. The standard InChI is InChI=1S/C20H21N5O4S/c1-11(2)29-14-7-6-13(10-15(14)28-4)18(26)24-25-19(27)16-12(3)23-20(30-16)17-21-8-5-9-22-17/h5-11H,1-4H3,(H,24,26)(H,25,27). The summed E-state index contributed by atoms with van der Waals surface area (Å²) in [6.45, 7) is 5.50. The average Bonchev–Trinajstić information content (AvgIpc) is 3.14. The number of thiazole rings is 1. The monoisotopic (exact) mass is 427 g/mol. The van der Waals surface area contributed by atoms with E-state index in [1.165, 1.54) is 7.11 Å². The van der Waals surface area contributed by atoms with Crippen LogP contribution in [-0.2, 0) is 0 Å². The van der Waals surface area contributed by atoms with Crippen molar-refractivity contribution in [2.45, 2.75) is 26.9 Å². The number of aryl methyl sites for hydroxylation is 1. The first-order valence-electron chi connectivity index (χ1n) is 9.09. The highest BCUT2D eigenvalue weighted by molar-refractivity contribution is 7.17. The van der Waals surface area contributed by atoms with Gasteiger partial charge in [-0.15, -0.1) is 11.3 Å². The zero-order chi connectivity index (χ0) is 21.7. The molecule has 0 aliphatic heterocycles. The number of carbonyl (C=O) groups is 2. The Bertz CT molecular complexity index is 1050. The van der Waals surface area contributed by atoms with Crippen LogP contribution in [0.25, 0.3) is 10.8 Å². The van der Waals surface area contributed by atoms with Gasteiger partial charge in [-0.3, -0.25) is 20.4 Å². The van der Waals surface area contributed by atoms with E-state index in [-0.39, 0.29) is 6.10 Å². The zero-order valence-corrected chi connectivity index (χ0v) is 17.7. The largest absolute Gasteiger partial charge is 0.493 e. The molecule has 2 heterocycles. The Balaban J connectivity index is 1.68. The smallest absolute Gasteiger partial charge is 0.281 e. The maximum absolute atomic E-state index is 12.5. The Morgan fingerprint density at radius 3 is 2.43 bits per heavy atom. The molecule has 1 aromatic carbocycles. The maximum atomic E-state index is 12.5. The van der Waals surface area contributed by atoms with Crippen molar-refractivity contribution in [3.63, 3.8) is 0 Å². The van der Waals surface area contributed by atoms with Crippen LogP contribution in [0.1, 0.15) is 39.6 Å². The van der Waals surface area contributed by atoms with Crippen LogP contribution in [0, 0.1) is 6.92 Å². The van der Waals surface area contributed by atoms with Gasteiger partial charge in [-0.25, -0.2) is 15.0 Å². The number of aromatic nitrogens is 3. The Morgan fingerprint density at radius 2 is 1.77 bits per heavy atom. The summed E-state index contributed by atoms with van der Waals surface area (Å²) in [5, 5.41) is 0.523. The van der Waals surface area contributed by atoms with Crippen LogP contribution < -0.4 is 20.3 Å². The van der Waals surface area contributed by atoms with Crippen LogP contribution in [0.4, 0.5) is 0 Å². The van der Waals surface area contributed by atoms with E-state index in [2.05, 4.69) is 25.8 Å². The second kappa shape index (κ2) is 9.31. The molecule has 0 fully saturated rings. The molecule has 30 heavy (non-hydrogen) atoms. The number of hydrazine groups is 1. The van der Waals surface area contributed by atoms with Crippen LogP contribution in [0.3, 0.4) is 0 Å². The van der Waals surface area contributed by atoms with Crippen LogP contribution in [-0.4, -0.2) is 40.0 Å². The topological polar surface area (TPSA) is 115 Å². The van der Waals surface area contributed by atoms with E-state index < -0.39 is 11.8 Å². The lowest BCUT2D eigenvalue weighted by Gasteiger charge is -2.14. The van der Waals surface area contributed by atoms with Gasteiger partial charge in [0, 0.05) is 18.0 Å². The molecule has 0 saturated heterocycles. The molecule has 2 N–H and O–H groups in total. The molecule has 0 bridgehead atoms. The number of nitrogens with one attached hydrogen (secondary N) is 2. The summed E-state index contributed by atoms with van der Waals surface area (Å²) in [5.74, 6) is 0.417. The van der Waals surface area contributed by atoms with Crippen molar-refractivity contribution in [1.29, 1.82) is 0 Å². The Hall–Kier alpha value is -3.53. The Kier molecular flexibility index (Phi) is 6.58. The molecule has 0 unspecified atom stereocenters. The van der Waals surface area contributed by atoms with Crippen molar-refractivity contribution >= 4 is 23.2 Å². The highest BCUT2D eigenvalue weighted by Gasteiger charge is 2.19. The zero-order valence-electron chi connectivity index (χ0n) is 16.9. The highest BCUT2D eigenvalue weighted by atomic mass is 32.1. The molecule has 10 heteroatoms. The summed E-state index contributed by atoms with van der Waals surface area (Å²) >= 11 is 1.15. The van der Waals surface area contributed by atoms with Crippen LogP contribution >= 0.6 is 11.3 Å². The van der Waals surface area contributed by atoms with Crippen molar-refractivity contribution in [3.8, 4) is 22.3 Å². The van der Waals surface area contributed by atoms with E-state index in [1.807, 2.05) is 13.8 Å². The van der Waals surface area contributed by atoms with Crippen molar-refractivity contribution in [1.82, 2.24) is 25.8 Å². The molecule has 0 aliphatic rings. The first-order valence-corrected chi connectivity index (χ1v) is 9.91. The fourth-order valence-corrected chi connectivity index (χ4v) is 3.42. The second-order valence-corrected chi connectivity index (χ2v) is 7.45. The van der Waals surface area contributed by atoms with Gasteiger partial charge in [0.2, 0.25) is 0 Å². The van der Waals surface area contributed by atoms with E-state index in [9.17, 15) is 9.59 Å². The predicted molar refractivity (Wildman–Crippen MR) is 112 cm³/mol. The number of methoxy groups -OCH3 is 1. The number of hydrogen-bond donors (Lipinski definition) is 2. The summed E-state index contributed by atoms with van der Waals surface area (Å²) in [6.07, 6.45) is 3.17. The summed E-state index contributed by atoms with van der Waals surface area (Å²) in [7, 11) is 1.49. The SMILES string of the molecule is COc1cc(C(=O)NNC(=O)c2sc(-c3ncccn3)nc2C)ccc1OC(C)C. The Morgan fingerprint density at radius 1 is 1.07 bits per heavy atom. The minimum atomic E-state index is -0.494. The van der Waals surface area contributed by atoms with Crippen molar-refractivity contribution < 1.29 is 19.1 Å². The predicted octanol–water partition coefficient (Wildman–Crippen LogP) is 2.78. The summed E-state index contributed by atoms with van der Waals surface area (Å²) in [5.41, 5.74) is 5.63. The van der Waals surface area contributed by atoms with Gasteiger partial charge in [0.25, 0.3) is 11.8 Å². The minimum absolute atomic E-state index is 0.0355. The summed E-state index contributed by atoms with van der Waals surface area (Å²) < 4.78 is 10.9. The van der Waals surface area contributed by atoms with Crippen LogP contribution in [0.2, 0.25) is 0 Å². The lowest BCUT2D eigenvalue weighted by molar-refractivity contribution is 0.0848. The number of amides is 2. The third-order valence-corrected chi connectivity index (χ3v) is 4.99. The molecular weight excluding hydrogens is 406 g/mol. The number of benzene rings is 1. The van der Waals surface area contributed by atoms with Crippen LogP contribution in [0.15, 0.2) is 36.7 Å². The molecule has 0 saturated carbocycles. The van der Waals surface area contributed by atoms with Crippen LogP contribution in [0.5, 0.6) is 11.5 Å². The molecule has 0 radical (unpaired) electrons. The quantitative estimate of drug-likeness (QED) is 0.581. The molecule has 3 rings (SSSR count). The number of rotatable bonds is 6. The molecule has 156 valence electrons. The van der Waals surface area contributed by atoms with Gasteiger partial charge in [0.15, 0.2) is 22.3 Å². The highest BCUT2D eigenvalue weighted by Crippen LogP contribution is 2.29. The summed E-state index contributed by atoms with van der Waals surface area (Å²) in [4.78, 5) is 37.9. The first kappa shape index (κ1) is 21.2. The maximum Gasteiger partial charge on any atom is 0.281 e. The van der Waals surface area contributed by atoms with Gasteiger partial charge in [-0.1, -0.05) is 0 Å². The third kappa shape index (κ3) is 4.90. The van der Waals surface area contributed by atoms with Gasteiger partial charge in [-0.2, -0.15) is 0 Å². The fourth-order valence-electron chi connectivity index (χ4n) is 2.51. The molecule has 0 aliphatic carbocycles. The van der Waals surface area contributed by atoms with Crippen molar-refractivity contribution in [2.75, 3.05) is 7.11 Å². The Labute approximate surface area is 177 Å². The second-order valence-electron chi connectivity index (χ2n) is 6.45. The summed E-state index contributed by atoms with van der Waals surface area (Å²) in [6, 6.07) is 6.48. The number of nitrogens with zero attached hydrogens (tertiary/aromatic N) is 3. The van der Waals surface area contributed by atoms with Gasteiger partial charge >= 0.3 is 0 Å². The molecule has 2 aromatic heterocycles. The van der Waals surface area contributed by atoms with Gasteiger partial charge in [0.05, 0.1) is 18.9 Å². The third-order valence-electron chi connectivity index (χ3n) is 3.84. The number of hydrogen-bond acceptors (Lipinski definition) is 8. The molecular formula is C20H21N5O4S. The normalized spacial score (nSPS) is 10.6. The minimum Gasteiger partial charge on any atom is -0.493 e. The van der Waals surface area contributed by atoms with E-state index in [0.29, 0.717) is 38.5 Å². The van der Waals surface area contributed by atoms with E-state index in [0.717, 1.165) is 11.3 Å². The van der Waals surface area contributed by atoms with Gasteiger partial charge in [-0.05, 0) is 45.0 Å². The number of carbonyl (C=O) groups excluding carboxylic acids is 2. The van der Waals surface area contributed by atoms with Gasteiger partial charge in [0.1, 0.15) is 4.88 Å². The molecule has 2 amide bonds.